The van der Waals surface area contributed by atoms with Crippen LogP contribution in [0.5, 0.6) is 0 Å². The third-order valence-corrected chi connectivity index (χ3v) is 7.10. The molecule has 0 bridgehead atoms. The Hall–Kier alpha value is -1.45. The van der Waals surface area contributed by atoms with E-state index in [1.807, 2.05) is 0 Å². The molecule has 1 saturated carbocycles. The van der Waals surface area contributed by atoms with Crippen LogP contribution in [-0.2, 0) is 0 Å². The lowest BCUT2D eigenvalue weighted by molar-refractivity contribution is -0.385. The second kappa shape index (κ2) is 18.0. The van der Waals surface area contributed by atoms with E-state index < -0.39 is 10.7 Å². The van der Waals surface area contributed by atoms with E-state index in [9.17, 15) is 14.5 Å². The highest BCUT2D eigenvalue weighted by Crippen LogP contribution is 2.30. The number of hydrogen-bond acceptors (Lipinski definition) is 2. The van der Waals surface area contributed by atoms with Gasteiger partial charge in [0, 0.05) is 6.07 Å². The third kappa shape index (κ3) is 13.2. The van der Waals surface area contributed by atoms with Crippen molar-refractivity contribution in [2.45, 2.75) is 119 Å². The van der Waals surface area contributed by atoms with Gasteiger partial charge in [-0.25, -0.2) is 4.39 Å². The van der Waals surface area contributed by atoms with Crippen molar-refractivity contribution in [1.29, 1.82) is 0 Å². The molecule has 0 spiro atoms. The largest absolute Gasteiger partial charge is 0.275 e. The highest BCUT2D eigenvalue weighted by molar-refractivity contribution is 5.39. The summed E-state index contributed by atoms with van der Waals surface area (Å²) in [6, 6.07) is 3.79. The number of nitrogens with zero attached hydrogens (tertiary/aromatic N) is 1. The second-order valence-electron chi connectivity index (χ2n) is 9.84. The maximum absolute atomic E-state index is 12.6. The average molecular weight is 452 g/mol. The highest BCUT2D eigenvalue weighted by atomic mass is 19.1. The molecule has 32 heavy (non-hydrogen) atoms. The summed E-state index contributed by atoms with van der Waals surface area (Å²) in [5.41, 5.74) is -0.0949. The molecule has 0 N–H and O–H groups in total. The van der Waals surface area contributed by atoms with Gasteiger partial charge in [0.15, 0.2) is 0 Å². The first-order chi connectivity index (χ1) is 15.2. The molecule has 0 aromatic heterocycles. The van der Waals surface area contributed by atoms with Crippen LogP contribution < -0.4 is 0 Å². The predicted octanol–water partition coefficient (Wildman–Crippen LogP) is 9.90. The lowest BCUT2D eigenvalue weighted by Crippen LogP contribution is -2.11. The van der Waals surface area contributed by atoms with Crippen LogP contribution in [0.3, 0.4) is 0 Å². The van der Waals surface area contributed by atoms with Gasteiger partial charge in [-0.05, 0) is 43.1 Å². The Kier molecular flexibility index (Phi) is 17.2. The van der Waals surface area contributed by atoms with Gasteiger partial charge in [0.05, 0.1) is 10.5 Å². The molecule has 4 heteroatoms. The Balaban J connectivity index is 0.000000454. The van der Waals surface area contributed by atoms with Crippen molar-refractivity contribution < 1.29 is 9.31 Å². The Morgan fingerprint density at radius 2 is 1.78 bits per heavy atom. The Morgan fingerprint density at radius 1 is 1.09 bits per heavy atom. The van der Waals surface area contributed by atoms with Gasteiger partial charge in [0.2, 0.25) is 0 Å². The topological polar surface area (TPSA) is 43.1 Å². The zero-order chi connectivity index (χ0) is 24.5. The minimum Gasteiger partial charge on any atom is -0.258 e. The maximum Gasteiger partial charge on any atom is 0.275 e. The van der Waals surface area contributed by atoms with E-state index in [2.05, 4.69) is 41.5 Å². The smallest absolute Gasteiger partial charge is 0.258 e. The minimum atomic E-state index is -0.599. The molecule has 0 radical (unpaired) electrons. The molecule has 2 rings (SSSR count). The summed E-state index contributed by atoms with van der Waals surface area (Å²) in [5, 5.41) is 10.2. The monoisotopic (exact) mass is 451 g/mol. The van der Waals surface area contributed by atoms with Crippen LogP contribution in [0, 0.1) is 46.5 Å². The van der Waals surface area contributed by atoms with Crippen LogP contribution in [0.1, 0.15) is 118 Å². The summed E-state index contributed by atoms with van der Waals surface area (Å²) < 4.78 is 12.6. The summed E-state index contributed by atoms with van der Waals surface area (Å²) in [7, 11) is 0. The molecule has 3 nitrogen and oxygen atoms in total. The van der Waals surface area contributed by atoms with Crippen LogP contribution in [0.2, 0.25) is 0 Å². The van der Waals surface area contributed by atoms with Gasteiger partial charge in [0.1, 0.15) is 5.82 Å². The quantitative estimate of drug-likeness (QED) is 0.277. The van der Waals surface area contributed by atoms with Crippen molar-refractivity contribution in [2.75, 3.05) is 0 Å². The highest BCUT2D eigenvalue weighted by Gasteiger charge is 2.16. The van der Waals surface area contributed by atoms with Crippen LogP contribution >= 0.6 is 0 Å². The first-order valence-electron chi connectivity index (χ1n) is 13.1. The van der Waals surface area contributed by atoms with Gasteiger partial charge in [-0.1, -0.05) is 112 Å². The standard InChI is InChI=1S/C12H26.C9H18.C7H6FNO2/c1-5-8-12(7-3)10-9-11(4)6-2;1-3-9-6-4-5-8(2)7-9;1-5-6(8)3-2-4-7(5)9(10)11/h11-12H,5-10H2,1-4H3;8-9H,3-7H2,1-2H3;2-4H,1H3. The Bertz CT molecular complexity index is 619. The molecule has 0 saturated heterocycles. The molecule has 0 heterocycles. The summed E-state index contributed by atoms with van der Waals surface area (Å²) in [6.07, 6.45) is 15.8. The van der Waals surface area contributed by atoms with Gasteiger partial charge in [0.25, 0.3) is 5.69 Å². The Morgan fingerprint density at radius 3 is 2.22 bits per heavy atom. The van der Waals surface area contributed by atoms with Crippen molar-refractivity contribution in [3.8, 4) is 0 Å². The van der Waals surface area contributed by atoms with E-state index in [0.29, 0.717) is 0 Å². The van der Waals surface area contributed by atoms with Gasteiger partial charge in [-0.15, -0.1) is 0 Å². The molecule has 1 aromatic carbocycles. The zero-order valence-corrected chi connectivity index (χ0v) is 22.0. The van der Waals surface area contributed by atoms with E-state index in [4.69, 9.17) is 0 Å². The lowest BCUT2D eigenvalue weighted by atomic mass is 9.81. The van der Waals surface area contributed by atoms with E-state index in [1.165, 1.54) is 95.8 Å². The van der Waals surface area contributed by atoms with Crippen molar-refractivity contribution in [2.24, 2.45) is 23.7 Å². The normalized spacial score (nSPS) is 19.6. The van der Waals surface area contributed by atoms with E-state index in [-0.39, 0.29) is 11.3 Å². The third-order valence-electron chi connectivity index (χ3n) is 7.10. The number of hydrogen-bond donors (Lipinski definition) is 0. The molecule has 186 valence electrons. The first-order valence-corrected chi connectivity index (χ1v) is 13.1. The fraction of sp³-hybridized carbons (Fsp3) is 0.786. The number of benzene rings is 1. The fourth-order valence-electron chi connectivity index (χ4n) is 4.41. The van der Waals surface area contributed by atoms with Crippen molar-refractivity contribution >= 4 is 5.69 Å². The summed E-state index contributed by atoms with van der Waals surface area (Å²) in [6.45, 7) is 15.4. The van der Waals surface area contributed by atoms with Gasteiger partial charge >= 0.3 is 0 Å². The summed E-state index contributed by atoms with van der Waals surface area (Å²) >= 11 is 0. The number of halogens is 1. The summed E-state index contributed by atoms with van der Waals surface area (Å²) in [5.74, 6) is 3.48. The minimum absolute atomic E-state index is 0.0810. The second-order valence-corrected chi connectivity index (χ2v) is 9.84. The number of rotatable bonds is 9. The molecule has 4 unspecified atom stereocenters. The van der Waals surface area contributed by atoms with Gasteiger partial charge in [-0.2, -0.15) is 0 Å². The fourth-order valence-corrected chi connectivity index (χ4v) is 4.41. The number of nitro benzene ring substituents is 1. The van der Waals surface area contributed by atoms with Crippen molar-refractivity contribution in [3.63, 3.8) is 0 Å². The number of nitro groups is 1. The van der Waals surface area contributed by atoms with Crippen LogP contribution in [0.4, 0.5) is 10.1 Å². The first kappa shape index (κ1) is 30.6. The van der Waals surface area contributed by atoms with Crippen LogP contribution in [0.15, 0.2) is 18.2 Å². The van der Waals surface area contributed by atoms with Gasteiger partial charge < -0.3 is 0 Å². The maximum atomic E-state index is 12.6. The van der Waals surface area contributed by atoms with E-state index in [1.54, 1.807) is 0 Å². The van der Waals surface area contributed by atoms with E-state index in [0.717, 1.165) is 23.7 Å². The molecule has 1 fully saturated rings. The molecule has 0 amide bonds. The molecule has 1 aliphatic rings. The van der Waals surface area contributed by atoms with Crippen molar-refractivity contribution in [1.82, 2.24) is 0 Å². The molecular formula is C28H50FNO2. The van der Waals surface area contributed by atoms with Gasteiger partial charge in [-0.3, -0.25) is 10.1 Å². The van der Waals surface area contributed by atoms with Crippen LogP contribution in [-0.4, -0.2) is 4.92 Å². The molecular weight excluding hydrogens is 401 g/mol. The van der Waals surface area contributed by atoms with E-state index >= 15 is 0 Å². The SMILES string of the molecule is CCC1CCCC(C)C1.CCCC(CC)CCC(C)CC.Cc1c(F)cccc1[N+](=O)[O-]. The summed E-state index contributed by atoms with van der Waals surface area (Å²) in [4.78, 5) is 9.61. The van der Waals surface area contributed by atoms with Crippen molar-refractivity contribution in [3.05, 3.63) is 39.7 Å². The molecule has 4 atom stereocenters. The molecule has 0 aliphatic heterocycles. The Labute approximate surface area is 197 Å². The molecule has 1 aliphatic carbocycles. The predicted molar refractivity (Wildman–Crippen MR) is 137 cm³/mol. The van der Waals surface area contributed by atoms with Crippen LogP contribution in [0.25, 0.3) is 0 Å². The average Bonchev–Trinajstić information content (AvgIpc) is 2.78. The molecule has 1 aromatic rings. The zero-order valence-electron chi connectivity index (χ0n) is 22.0. The lowest BCUT2D eigenvalue weighted by Gasteiger charge is -2.25.